The first-order chi connectivity index (χ1) is 8.16. The molecule has 0 amide bonds. The largest absolute Gasteiger partial charge is 0.478 e. The topological polar surface area (TPSA) is 76.2 Å². The van der Waals surface area contributed by atoms with Crippen molar-refractivity contribution in [3.05, 3.63) is 48.3 Å². The van der Waals surface area contributed by atoms with Crippen molar-refractivity contribution in [1.82, 2.24) is 4.98 Å². The smallest absolute Gasteiger partial charge is 0.336 e. The molecular formula is C12H10N2O2S. The van der Waals surface area contributed by atoms with E-state index in [-0.39, 0.29) is 5.56 Å². The van der Waals surface area contributed by atoms with Crippen LogP contribution in [0.15, 0.2) is 52.5 Å². The summed E-state index contributed by atoms with van der Waals surface area (Å²) < 4.78 is 0. The van der Waals surface area contributed by atoms with E-state index in [0.29, 0.717) is 10.6 Å². The summed E-state index contributed by atoms with van der Waals surface area (Å²) >= 11 is 1.36. The Balaban J connectivity index is 2.37. The molecule has 86 valence electrons. The number of benzene rings is 1. The van der Waals surface area contributed by atoms with E-state index in [1.807, 2.05) is 12.1 Å². The van der Waals surface area contributed by atoms with E-state index in [4.69, 9.17) is 10.8 Å². The SMILES string of the molecule is Nc1ccc(C(=O)O)c(Sc2ccncc2)c1. The summed E-state index contributed by atoms with van der Waals surface area (Å²) in [6.45, 7) is 0. The number of anilines is 1. The molecule has 1 aromatic carbocycles. The summed E-state index contributed by atoms with van der Waals surface area (Å²) in [6, 6.07) is 8.40. The van der Waals surface area contributed by atoms with Gasteiger partial charge in [0.15, 0.2) is 0 Å². The molecule has 1 heterocycles. The molecule has 0 aliphatic rings. The molecule has 4 nitrogen and oxygen atoms in total. The van der Waals surface area contributed by atoms with Gasteiger partial charge in [-0.15, -0.1) is 0 Å². The lowest BCUT2D eigenvalue weighted by molar-refractivity contribution is 0.0693. The minimum absolute atomic E-state index is 0.251. The van der Waals surface area contributed by atoms with Crippen LogP contribution in [0.25, 0.3) is 0 Å². The van der Waals surface area contributed by atoms with Gasteiger partial charge in [0.1, 0.15) is 0 Å². The molecule has 0 aliphatic carbocycles. The molecule has 0 saturated carbocycles. The van der Waals surface area contributed by atoms with Crippen molar-refractivity contribution in [3.8, 4) is 0 Å². The second kappa shape index (κ2) is 4.88. The molecule has 5 heteroatoms. The number of carbonyl (C=O) groups is 1. The predicted octanol–water partition coefficient (Wildman–Crippen LogP) is 2.51. The Morgan fingerprint density at radius 3 is 2.59 bits per heavy atom. The van der Waals surface area contributed by atoms with Crippen LogP contribution in [0, 0.1) is 0 Å². The van der Waals surface area contributed by atoms with Gasteiger partial charge < -0.3 is 10.8 Å². The van der Waals surface area contributed by atoms with Gasteiger partial charge in [-0.3, -0.25) is 4.98 Å². The van der Waals surface area contributed by atoms with Crippen molar-refractivity contribution >= 4 is 23.4 Å². The molecule has 0 bridgehead atoms. The first-order valence-corrected chi connectivity index (χ1v) is 5.69. The highest BCUT2D eigenvalue weighted by Gasteiger charge is 2.11. The van der Waals surface area contributed by atoms with Crippen LogP contribution in [-0.2, 0) is 0 Å². The fraction of sp³-hybridized carbons (Fsp3) is 0. The molecule has 1 aromatic heterocycles. The second-order valence-electron chi connectivity index (χ2n) is 3.35. The molecule has 3 N–H and O–H groups in total. The summed E-state index contributed by atoms with van der Waals surface area (Å²) in [6.07, 6.45) is 3.32. The molecule has 0 atom stereocenters. The standard InChI is InChI=1S/C12H10N2O2S/c13-8-1-2-10(12(15)16)11(7-8)17-9-3-5-14-6-4-9/h1-7H,13H2,(H,15,16). The Bertz CT molecular complexity index is 543. The Morgan fingerprint density at radius 1 is 1.24 bits per heavy atom. The molecule has 0 spiro atoms. The van der Waals surface area contributed by atoms with Crippen LogP contribution in [0.4, 0.5) is 5.69 Å². The van der Waals surface area contributed by atoms with Crippen LogP contribution in [0.5, 0.6) is 0 Å². The number of carboxylic acid groups (broad SMARTS) is 1. The van der Waals surface area contributed by atoms with Crippen molar-refractivity contribution in [1.29, 1.82) is 0 Å². The minimum atomic E-state index is -0.957. The molecular weight excluding hydrogens is 236 g/mol. The van der Waals surface area contributed by atoms with Crippen LogP contribution < -0.4 is 5.73 Å². The fourth-order valence-corrected chi connectivity index (χ4v) is 2.31. The van der Waals surface area contributed by atoms with Crippen molar-refractivity contribution in [2.24, 2.45) is 0 Å². The van der Waals surface area contributed by atoms with E-state index in [0.717, 1.165) is 4.90 Å². The number of nitrogen functional groups attached to an aromatic ring is 1. The summed E-state index contributed by atoms with van der Waals surface area (Å²) in [7, 11) is 0. The lowest BCUT2D eigenvalue weighted by Gasteiger charge is -2.06. The van der Waals surface area contributed by atoms with Gasteiger partial charge in [-0.1, -0.05) is 11.8 Å². The maximum absolute atomic E-state index is 11.1. The normalized spacial score (nSPS) is 10.1. The Morgan fingerprint density at radius 2 is 1.94 bits per heavy atom. The van der Waals surface area contributed by atoms with Gasteiger partial charge in [-0.2, -0.15) is 0 Å². The summed E-state index contributed by atoms with van der Waals surface area (Å²) in [5.41, 5.74) is 6.46. The number of hydrogen-bond acceptors (Lipinski definition) is 4. The van der Waals surface area contributed by atoms with Crippen LogP contribution in [0.1, 0.15) is 10.4 Å². The van der Waals surface area contributed by atoms with E-state index in [2.05, 4.69) is 4.98 Å². The quantitative estimate of drug-likeness (QED) is 0.814. The van der Waals surface area contributed by atoms with Gasteiger partial charge in [0.05, 0.1) is 5.56 Å². The number of nitrogens with two attached hydrogens (primary N) is 1. The molecule has 0 fully saturated rings. The number of rotatable bonds is 3. The third-order valence-electron chi connectivity index (χ3n) is 2.11. The molecule has 2 rings (SSSR count). The van der Waals surface area contributed by atoms with Crippen LogP contribution in [-0.4, -0.2) is 16.1 Å². The lowest BCUT2D eigenvalue weighted by Crippen LogP contribution is -1.99. The van der Waals surface area contributed by atoms with Crippen molar-refractivity contribution < 1.29 is 9.90 Å². The summed E-state index contributed by atoms with van der Waals surface area (Å²) in [4.78, 5) is 16.5. The number of hydrogen-bond donors (Lipinski definition) is 2. The van der Waals surface area contributed by atoms with E-state index in [1.54, 1.807) is 24.5 Å². The fourth-order valence-electron chi connectivity index (χ4n) is 1.33. The summed E-state index contributed by atoms with van der Waals surface area (Å²) in [5.74, 6) is -0.957. The van der Waals surface area contributed by atoms with Gasteiger partial charge in [-0.25, -0.2) is 4.79 Å². The van der Waals surface area contributed by atoms with Gasteiger partial charge in [-0.05, 0) is 30.3 Å². The molecule has 0 saturated heterocycles. The van der Waals surface area contributed by atoms with Crippen molar-refractivity contribution in [2.45, 2.75) is 9.79 Å². The van der Waals surface area contributed by atoms with E-state index in [9.17, 15) is 4.79 Å². The second-order valence-corrected chi connectivity index (χ2v) is 4.46. The Kier molecular flexibility index (Phi) is 3.30. The van der Waals surface area contributed by atoms with E-state index >= 15 is 0 Å². The predicted molar refractivity (Wildman–Crippen MR) is 66.2 cm³/mol. The zero-order valence-electron chi connectivity index (χ0n) is 8.83. The first kappa shape index (κ1) is 11.5. The van der Waals surface area contributed by atoms with Gasteiger partial charge in [0, 0.05) is 27.9 Å². The number of aromatic nitrogens is 1. The number of nitrogens with zero attached hydrogens (tertiary/aromatic N) is 1. The average Bonchev–Trinajstić information content (AvgIpc) is 2.30. The monoisotopic (exact) mass is 246 g/mol. The zero-order chi connectivity index (χ0) is 12.3. The summed E-state index contributed by atoms with van der Waals surface area (Å²) in [5, 5.41) is 9.07. The van der Waals surface area contributed by atoms with E-state index in [1.165, 1.54) is 17.8 Å². The number of aromatic carboxylic acids is 1. The first-order valence-electron chi connectivity index (χ1n) is 4.87. The molecule has 2 aromatic rings. The highest BCUT2D eigenvalue weighted by molar-refractivity contribution is 7.99. The van der Waals surface area contributed by atoms with E-state index < -0.39 is 5.97 Å². The average molecular weight is 246 g/mol. The highest BCUT2D eigenvalue weighted by atomic mass is 32.2. The van der Waals surface area contributed by atoms with Crippen LogP contribution in [0.3, 0.4) is 0 Å². The van der Waals surface area contributed by atoms with Crippen molar-refractivity contribution in [3.63, 3.8) is 0 Å². The maximum atomic E-state index is 11.1. The number of pyridine rings is 1. The van der Waals surface area contributed by atoms with Gasteiger partial charge >= 0.3 is 5.97 Å². The molecule has 0 radical (unpaired) electrons. The van der Waals surface area contributed by atoms with Crippen LogP contribution in [0.2, 0.25) is 0 Å². The number of carboxylic acids is 1. The van der Waals surface area contributed by atoms with Crippen LogP contribution >= 0.6 is 11.8 Å². The highest BCUT2D eigenvalue weighted by Crippen LogP contribution is 2.31. The molecule has 0 aliphatic heterocycles. The van der Waals surface area contributed by atoms with Gasteiger partial charge in [0.25, 0.3) is 0 Å². The molecule has 0 unspecified atom stereocenters. The van der Waals surface area contributed by atoms with Crippen molar-refractivity contribution in [2.75, 3.05) is 5.73 Å². The third-order valence-corrected chi connectivity index (χ3v) is 3.18. The third kappa shape index (κ3) is 2.76. The van der Waals surface area contributed by atoms with Gasteiger partial charge in [0.2, 0.25) is 0 Å². The molecule has 17 heavy (non-hydrogen) atoms. The Hall–Kier alpha value is -2.01. The lowest BCUT2D eigenvalue weighted by atomic mass is 10.2. The minimum Gasteiger partial charge on any atom is -0.478 e. The Labute approximate surface area is 102 Å². The zero-order valence-corrected chi connectivity index (χ0v) is 9.65. The maximum Gasteiger partial charge on any atom is 0.336 e.